The fraction of sp³-hybridized carbons (Fsp3) is 0.531. The molecule has 0 aliphatic heterocycles. The lowest BCUT2D eigenvalue weighted by Crippen LogP contribution is -2.55. The summed E-state index contributed by atoms with van der Waals surface area (Å²) in [6.07, 6.45) is 15.6. The van der Waals surface area contributed by atoms with Crippen molar-refractivity contribution in [1.29, 1.82) is 0 Å². The highest BCUT2D eigenvalue weighted by atomic mass is 16.2. The summed E-state index contributed by atoms with van der Waals surface area (Å²) in [5.74, 6) is 4.08. The average molecular weight is 513 g/mol. The van der Waals surface area contributed by atoms with E-state index < -0.39 is 0 Å². The van der Waals surface area contributed by atoms with Crippen LogP contribution in [0.25, 0.3) is 23.5 Å². The van der Waals surface area contributed by atoms with Crippen LogP contribution in [0.5, 0.6) is 0 Å². The number of rotatable bonds is 7. The minimum atomic E-state index is 0.0201. The first kappa shape index (κ1) is 25.1. The van der Waals surface area contributed by atoms with Gasteiger partial charge in [0.05, 0.1) is 11.4 Å². The Bertz CT molecular complexity index is 1210. The second-order valence-corrected chi connectivity index (χ2v) is 12.2. The molecule has 0 spiro atoms. The van der Waals surface area contributed by atoms with Crippen LogP contribution in [0, 0.1) is 29.6 Å². The summed E-state index contributed by atoms with van der Waals surface area (Å²) >= 11 is 0. The van der Waals surface area contributed by atoms with Gasteiger partial charge in [0, 0.05) is 28.8 Å². The number of aromatic amines is 1. The SMILES string of the molecule is C=Cc1nc(-c2ccc(NC(=O)C3CCCCC3)cc2)[nH]c1/C=C(\C)C(=O)NC1C2CC3CC(C2)CC1C3. The van der Waals surface area contributed by atoms with Gasteiger partial charge in [0.1, 0.15) is 5.82 Å². The molecule has 2 amide bonds. The summed E-state index contributed by atoms with van der Waals surface area (Å²) in [5.41, 5.74) is 3.90. The van der Waals surface area contributed by atoms with E-state index in [1.54, 1.807) is 6.08 Å². The number of benzene rings is 1. The van der Waals surface area contributed by atoms with Crippen LogP contribution < -0.4 is 10.6 Å². The molecule has 5 fully saturated rings. The fourth-order valence-electron chi connectivity index (χ4n) is 7.83. The van der Waals surface area contributed by atoms with Crippen LogP contribution in [0.1, 0.15) is 82.5 Å². The molecule has 1 aromatic carbocycles. The Balaban J connectivity index is 1.12. The Kier molecular flexibility index (Phi) is 6.98. The molecular weight excluding hydrogens is 472 g/mol. The smallest absolute Gasteiger partial charge is 0.247 e. The molecular formula is C32H40N4O2. The van der Waals surface area contributed by atoms with Crippen LogP contribution in [0.3, 0.4) is 0 Å². The van der Waals surface area contributed by atoms with Crippen molar-refractivity contribution in [3.05, 3.63) is 47.8 Å². The van der Waals surface area contributed by atoms with Gasteiger partial charge in [0.2, 0.25) is 11.8 Å². The maximum Gasteiger partial charge on any atom is 0.247 e. The van der Waals surface area contributed by atoms with Crippen molar-refractivity contribution >= 4 is 29.7 Å². The van der Waals surface area contributed by atoms with Crippen molar-refractivity contribution in [2.45, 2.75) is 77.2 Å². The number of anilines is 1. The molecule has 38 heavy (non-hydrogen) atoms. The first-order valence-corrected chi connectivity index (χ1v) is 14.6. The molecule has 5 aliphatic carbocycles. The fourth-order valence-corrected chi connectivity index (χ4v) is 7.83. The second-order valence-electron chi connectivity index (χ2n) is 12.2. The van der Waals surface area contributed by atoms with Crippen LogP contribution in [0.2, 0.25) is 0 Å². The molecule has 0 radical (unpaired) electrons. The third kappa shape index (κ3) is 5.10. The average Bonchev–Trinajstić information content (AvgIpc) is 3.33. The normalized spacial score (nSPS) is 28.8. The molecule has 0 atom stereocenters. The molecule has 200 valence electrons. The number of nitrogens with one attached hydrogen (secondary N) is 3. The van der Waals surface area contributed by atoms with Gasteiger partial charge in [0.25, 0.3) is 0 Å². The van der Waals surface area contributed by atoms with Crippen LogP contribution in [-0.4, -0.2) is 27.8 Å². The first-order valence-electron chi connectivity index (χ1n) is 14.6. The predicted molar refractivity (Wildman–Crippen MR) is 152 cm³/mol. The van der Waals surface area contributed by atoms with Crippen molar-refractivity contribution in [2.24, 2.45) is 29.6 Å². The summed E-state index contributed by atoms with van der Waals surface area (Å²) in [5, 5.41) is 6.47. The van der Waals surface area contributed by atoms with Crippen LogP contribution in [0.15, 0.2) is 36.4 Å². The lowest BCUT2D eigenvalue weighted by atomic mass is 9.54. The van der Waals surface area contributed by atoms with Crippen molar-refractivity contribution in [3.63, 3.8) is 0 Å². The molecule has 0 unspecified atom stereocenters. The summed E-state index contributed by atoms with van der Waals surface area (Å²) in [7, 11) is 0. The summed E-state index contributed by atoms with van der Waals surface area (Å²) < 4.78 is 0. The first-order chi connectivity index (χ1) is 18.5. The summed E-state index contributed by atoms with van der Waals surface area (Å²) in [4.78, 5) is 33.9. The Labute approximate surface area is 225 Å². The lowest BCUT2D eigenvalue weighted by Gasteiger charge is -2.54. The van der Waals surface area contributed by atoms with Crippen molar-refractivity contribution < 1.29 is 9.59 Å². The largest absolute Gasteiger partial charge is 0.349 e. The lowest BCUT2D eigenvalue weighted by molar-refractivity contribution is -0.121. The van der Waals surface area contributed by atoms with Crippen LogP contribution in [-0.2, 0) is 9.59 Å². The van der Waals surface area contributed by atoms with Gasteiger partial charge in [-0.1, -0.05) is 25.8 Å². The van der Waals surface area contributed by atoms with Crippen molar-refractivity contribution in [1.82, 2.24) is 15.3 Å². The maximum atomic E-state index is 13.2. The Morgan fingerprint density at radius 1 is 0.974 bits per heavy atom. The predicted octanol–water partition coefficient (Wildman–Crippen LogP) is 6.58. The van der Waals surface area contributed by atoms with E-state index in [1.165, 1.54) is 38.5 Å². The van der Waals surface area contributed by atoms with E-state index in [0.717, 1.165) is 60.2 Å². The van der Waals surface area contributed by atoms with Crippen molar-refractivity contribution in [2.75, 3.05) is 5.32 Å². The Morgan fingerprint density at radius 2 is 1.63 bits per heavy atom. The Morgan fingerprint density at radius 3 is 2.26 bits per heavy atom. The second kappa shape index (κ2) is 10.5. The molecule has 5 aliphatic rings. The van der Waals surface area contributed by atoms with E-state index in [-0.39, 0.29) is 17.7 Å². The Hall–Kier alpha value is -3.15. The molecule has 6 heteroatoms. The highest BCUT2D eigenvalue weighted by molar-refractivity contribution is 5.97. The molecule has 4 bridgehead atoms. The van der Waals surface area contributed by atoms with E-state index in [2.05, 4.69) is 22.2 Å². The highest BCUT2D eigenvalue weighted by Crippen LogP contribution is 2.53. The maximum absolute atomic E-state index is 13.2. The van der Waals surface area contributed by atoms with Gasteiger partial charge in [-0.15, -0.1) is 0 Å². The summed E-state index contributed by atoms with van der Waals surface area (Å²) in [6.45, 7) is 5.80. The van der Waals surface area contributed by atoms with Crippen molar-refractivity contribution in [3.8, 4) is 11.4 Å². The molecule has 1 heterocycles. The third-order valence-corrected chi connectivity index (χ3v) is 9.60. The molecule has 3 N–H and O–H groups in total. The molecule has 6 nitrogen and oxygen atoms in total. The zero-order chi connectivity index (χ0) is 26.2. The molecule has 1 aromatic heterocycles. The van der Waals surface area contributed by atoms with Gasteiger partial charge >= 0.3 is 0 Å². The minimum absolute atomic E-state index is 0.0201. The van der Waals surface area contributed by atoms with E-state index >= 15 is 0 Å². The summed E-state index contributed by atoms with van der Waals surface area (Å²) in [6, 6.07) is 8.09. The molecule has 7 rings (SSSR count). The van der Waals surface area contributed by atoms with Gasteiger partial charge in [-0.2, -0.15) is 0 Å². The van der Waals surface area contributed by atoms with E-state index in [1.807, 2.05) is 37.3 Å². The number of hydrogen-bond donors (Lipinski definition) is 3. The zero-order valence-electron chi connectivity index (χ0n) is 22.5. The van der Waals surface area contributed by atoms with E-state index in [4.69, 9.17) is 4.98 Å². The number of carbonyl (C=O) groups excluding carboxylic acids is 2. The standard InChI is InChI=1S/C32H40N4O2/c1-3-27-28(13-19(2)31(37)36-29-24-15-20-14-21(17-24)18-25(29)16-20)35-30(34-27)22-9-11-26(12-10-22)33-32(38)23-7-5-4-6-8-23/h3,9-13,20-21,23-25,29H,1,4-8,14-18H2,2H3,(H,33,38)(H,34,35)(H,36,37)/b19-13+. The number of imidazole rings is 1. The van der Waals surface area contributed by atoms with Gasteiger partial charge in [-0.3, -0.25) is 9.59 Å². The topological polar surface area (TPSA) is 86.9 Å². The van der Waals surface area contributed by atoms with Gasteiger partial charge in [-0.25, -0.2) is 4.98 Å². The number of aromatic nitrogens is 2. The number of nitrogens with zero attached hydrogens (tertiary/aromatic N) is 1. The quantitative estimate of drug-likeness (QED) is 0.366. The number of amides is 2. The minimum Gasteiger partial charge on any atom is -0.349 e. The van der Waals surface area contributed by atoms with E-state index in [0.29, 0.717) is 29.3 Å². The van der Waals surface area contributed by atoms with Gasteiger partial charge in [0.15, 0.2) is 0 Å². The number of H-pyrrole nitrogens is 1. The zero-order valence-corrected chi connectivity index (χ0v) is 22.5. The number of hydrogen-bond acceptors (Lipinski definition) is 3. The third-order valence-electron chi connectivity index (χ3n) is 9.60. The molecule has 5 saturated carbocycles. The van der Waals surface area contributed by atoms with Gasteiger partial charge < -0.3 is 15.6 Å². The molecule has 0 saturated heterocycles. The van der Waals surface area contributed by atoms with E-state index in [9.17, 15) is 9.59 Å². The number of carbonyl (C=O) groups is 2. The monoisotopic (exact) mass is 512 g/mol. The highest BCUT2D eigenvalue weighted by Gasteiger charge is 2.48. The van der Waals surface area contributed by atoms with Gasteiger partial charge in [-0.05, 0) is 112 Å². The molecule has 2 aromatic rings. The van der Waals surface area contributed by atoms with Crippen LogP contribution >= 0.6 is 0 Å². The van der Waals surface area contributed by atoms with Crippen LogP contribution in [0.4, 0.5) is 5.69 Å².